The lowest BCUT2D eigenvalue weighted by Gasteiger charge is -2.46. The van der Waals surface area contributed by atoms with Gasteiger partial charge in [-0.15, -0.1) is 0 Å². The number of hydrogen-bond acceptors (Lipinski definition) is 6. The summed E-state index contributed by atoms with van der Waals surface area (Å²) in [6.07, 6.45) is 5.27. The maximum absolute atomic E-state index is 15.2. The van der Waals surface area contributed by atoms with Crippen molar-refractivity contribution in [2.75, 3.05) is 24.5 Å². The number of carbonyl (C=O) groups is 3. The summed E-state index contributed by atoms with van der Waals surface area (Å²) in [5.41, 5.74) is 0.265. The first-order valence-corrected chi connectivity index (χ1v) is 13.1. The molecule has 0 saturated carbocycles. The van der Waals surface area contributed by atoms with E-state index in [1.165, 1.54) is 34.9 Å². The standard InChI is InChI=1S/C30H26ClFN4O5/c1-4-23(37)34-15-16-36(30(2,3)17-34)29-26(27(33-41-29)25-20(31)8-6-9-21(25)32)28(40)35-14-13-19-18(11-12-24(38)39)7-5-10-22(19)35/h4-14H,1,15-17H2,2-3H3,(H,38,39)/b12-11+. The minimum Gasteiger partial charge on any atom is -0.478 e. The van der Waals surface area contributed by atoms with Gasteiger partial charge < -0.3 is 19.4 Å². The van der Waals surface area contributed by atoms with Crippen molar-refractivity contribution in [3.05, 3.63) is 89.4 Å². The second-order valence-electron chi connectivity index (χ2n) is 10.2. The molecule has 1 amide bonds. The van der Waals surface area contributed by atoms with Gasteiger partial charge in [0.1, 0.15) is 17.1 Å². The van der Waals surface area contributed by atoms with E-state index in [1.54, 1.807) is 35.4 Å². The predicted octanol–water partition coefficient (Wildman–Crippen LogP) is 5.49. The smallest absolute Gasteiger partial charge is 0.328 e. The first-order valence-electron chi connectivity index (χ1n) is 12.7. The van der Waals surface area contributed by atoms with Crippen LogP contribution in [0.5, 0.6) is 0 Å². The minimum absolute atomic E-state index is 0.00227. The Morgan fingerprint density at radius 3 is 2.59 bits per heavy atom. The Balaban J connectivity index is 1.68. The minimum atomic E-state index is -1.10. The molecular formula is C30H26ClFN4O5. The summed E-state index contributed by atoms with van der Waals surface area (Å²) in [6, 6.07) is 11.0. The molecule has 0 bridgehead atoms. The third-order valence-electron chi connectivity index (χ3n) is 7.11. The number of aromatic nitrogens is 2. The molecule has 0 radical (unpaired) electrons. The molecule has 0 spiro atoms. The number of aliphatic carboxylic acids is 1. The maximum Gasteiger partial charge on any atom is 0.328 e. The van der Waals surface area contributed by atoms with E-state index in [0.29, 0.717) is 36.1 Å². The molecule has 1 N–H and O–H groups in total. The van der Waals surface area contributed by atoms with E-state index in [4.69, 9.17) is 21.2 Å². The highest BCUT2D eigenvalue weighted by Crippen LogP contribution is 2.40. The Kier molecular flexibility index (Phi) is 7.27. The zero-order chi connectivity index (χ0) is 29.5. The normalized spacial score (nSPS) is 15.0. The number of hydrogen-bond donors (Lipinski definition) is 1. The molecule has 9 nitrogen and oxygen atoms in total. The number of piperazine rings is 1. The molecule has 0 unspecified atom stereocenters. The average Bonchev–Trinajstić information content (AvgIpc) is 3.55. The Hall–Kier alpha value is -4.70. The van der Waals surface area contributed by atoms with Crippen LogP contribution in [0, 0.1) is 5.82 Å². The van der Waals surface area contributed by atoms with Crippen molar-refractivity contribution in [3.8, 4) is 11.3 Å². The van der Waals surface area contributed by atoms with E-state index in [0.717, 1.165) is 6.08 Å². The molecule has 3 heterocycles. The Bertz CT molecular complexity index is 1720. The van der Waals surface area contributed by atoms with Gasteiger partial charge in [-0.3, -0.25) is 14.2 Å². The molecule has 1 aliphatic rings. The van der Waals surface area contributed by atoms with Crippen LogP contribution in [-0.2, 0) is 9.59 Å². The summed E-state index contributed by atoms with van der Waals surface area (Å²) in [5, 5.41) is 13.9. The molecule has 2 aromatic carbocycles. The highest BCUT2D eigenvalue weighted by molar-refractivity contribution is 6.33. The van der Waals surface area contributed by atoms with Crippen LogP contribution in [0.1, 0.15) is 29.8 Å². The molecule has 41 heavy (non-hydrogen) atoms. The van der Waals surface area contributed by atoms with Crippen LogP contribution in [0.3, 0.4) is 0 Å². The van der Waals surface area contributed by atoms with E-state index in [2.05, 4.69) is 11.7 Å². The quantitative estimate of drug-likeness (QED) is 0.302. The maximum atomic E-state index is 15.2. The first-order chi connectivity index (χ1) is 19.5. The number of carbonyl (C=O) groups excluding carboxylic acids is 2. The highest BCUT2D eigenvalue weighted by Gasteiger charge is 2.41. The van der Waals surface area contributed by atoms with Gasteiger partial charge in [-0.2, -0.15) is 0 Å². The van der Waals surface area contributed by atoms with Crippen molar-refractivity contribution < 1.29 is 28.4 Å². The van der Waals surface area contributed by atoms with Gasteiger partial charge in [-0.1, -0.05) is 41.5 Å². The molecule has 0 atom stereocenters. The molecule has 0 aliphatic carbocycles. The molecule has 2 aromatic heterocycles. The fraction of sp³-hybridized carbons (Fsp3) is 0.200. The largest absolute Gasteiger partial charge is 0.478 e. The van der Waals surface area contributed by atoms with Gasteiger partial charge in [-0.25, -0.2) is 9.18 Å². The second-order valence-corrected chi connectivity index (χ2v) is 10.6. The van der Waals surface area contributed by atoms with Crippen LogP contribution >= 0.6 is 11.6 Å². The monoisotopic (exact) mass is 576 g/mol. The molecule has 1 fully saturated rings. The molecular weight excluding hydrogens is 551 g/mol. The number of benzene rings is 2. The van der Waals surface area contributed by atoms with E-state index < -0.39 is 23.2 Å². The van der Waals surface area contributed by atoms with Crippen molar-refractivity contribution in [2.45, 2.75) is 19.4 Å². The summed E-state index contributed by atoms with van der Waals surface area (Å²) >= 11 is 6.40. The van der Waals surface area contributed by atoms with Crippen LogP contribution in [-0.4, -0.2) is 62.7 Å². The zero-order valence-corrected chi connectivity index (χ0v) is 23.1. The number of amides is 1. The average molecular weight is 577 g/mol. The third kappa shape index (κ3) is 5.02. The number of fused-ring (bicyclic) bond motifs is 1. The van der Waals surface area contributed by atoms with Gasteiger partial charge in [-0.05, 0) is 55.8 Å². The molecule has 1 saturated heterocycles. The van der Waals surface area contributed by atoms with Crippen LogP contribution in [0.2, 0.25) is 5.02 Å². The number of halogens is 2. The number of nitrogens with zero attached hydrogens (tertiary/aromatic N) is 4. The summed E-state index contributed by atoms with van der Waals surface area (Å²) in [6.45, 7) is 8.32. The summed E-state index contributed by atoms with van der Waals surface area (Å²) in [4.78, 5) is 41.3. The van der Waals surface area contributed by atoms with Crippen molar-refractivity contribution in [1.29, 1.82) is 0 Å². The van der Waals surface area contributed by atoms with Crippen LogP contribution in [0.15, 0.2) is 71.9 Å². The Morgan fingerprint density at radius 2 is 1.90 bits per heavy atom. The number of rotatable bonds is 6. The third-order valence-corrected chi connectivity index (χ3v) is 7.43. The van der Waals surface area contributed by atoms with E-state index in [-0.39, 0.29) is 33.6 Å². The topological polar surface area (TPSA) is 109 Å². The van der Waals surface area contributed by atoms with Gasteiger partial charge in [0.15, 0.2) is 0 Å². The summed E-state index contributed by atoms with van der Waals surface area (Å²) in [5.74, 6) is -2.42. The lowest BCUT2D eigenvalue weighted by Crippen LogP contribution is -2.60. The lowest BCUT2D eigenvalue weighted by atomic mass is 9.97. The van der Waals surface area contributed by atoms with Gasteiger partial charge in [0.05, 0.1) is 21.6 Å². The van der Waals surface area contributed by atoms with Crippen molar-refractivity contribution in [1.82, 2.24) is 14.6 Å². The van der Waals surface area contributed by atoms with Gasteiger partial charge in [0.2, 0.25) is 11.8 Å². The number of carboxylic acids is 1. The van der Waals surface area contributed by atoms with E-state index in [1.807, 2.05) is 18.7 Å². The fourth-order valence-electron chi connectivity index (χ4n) is 5.20. The van der Waals surface area contributed by atoms with E-state index in [9.17, 15) is 14.4 Å². The lowest BCUT2D eigenvalue weighted by molar-refractivity contribution is -0.131. The molecule has 5 rings (SSSR count). The van der Waals surface area contributed by atoms with Crippen molar-refractivity contribution >= 4 is 52.2 Å². The summed E-state index contributed by atoms with van der Waals surface area (Å²) < 4.78 is 22.3. The summed E-state index contributed by atoms with van der Waals surface area (Å²) in [7, 11) is 0. The molecule has 4 aromatic rings. The second kappa shape index (κ2) is 10.7. The Labute approximate surface area is 239 Å². The SMILES string of the molecule is C=CC(=O)N1CCN(c2onc(-c3c(F)cccc3Cl)c2C(=O)n2ccc3c(/C=C/C(=O)O)cccc32)C(C)(C)C1. The fourth-order valence-corrected chi connectivity index (χ4v) is 5.45. The van der Waals surface area contributed by atoms with Gasteiger partial charge in [0, 0.05) is 37.3 Å². The number of anilines is 1. The predicted molar refractivity (Wildman–Crippen MR) is 153 cm³/mol. The molecule has 11 heteroatoms. The van der Waals surface area contributed by atoms with Crippen molar-refractivity contribution in [2.24, 2.45) is 0 Å². The van der Waals surface area contributed by atoms with Crippen LogP contribution in [0.4, 0.5) is 10.3 Å². The zero-order valence-electron chi connectivity index (χ0n) is 22.3. The molecule has 1 aliphatic heterocycles. The van der Waals surface area contributed by atoms with Crippen LogP contribution < -0.4 is 4.90 Å². The van der Waals surface area contributed by atoms with E-state index >= 15 is 4.39 Å². The first kappa shape index (κ1) is 27.9. The number of carboxylic acid groups (broad SMARTS) is 1. The van der Waals surface area contributed by atoms with Gasteiger partial charge >= 0.3 is 5.97 Å². The van der Waals surface area contributed by atoms with Crippen LogP contribution in [0.25, 0.3) is 28.2 Å². The van der Waals surface area contributed by atoms with Gasteiger partial charge in [0.25, 0.3) is 5.91 Å². The van der Waals surface area contributed by atoms with Crippen molar-refractivity contribution in [3.63, 3.8) is 0 Å². The highest BCUT2D eigenvalue weighted by atomic mass is 35.5. The Morgan fingerprint density at radius 1 is 1.15 bits per heavy atom. The molecule has 210 valence electrons.